The fraction of sp³-hybridized carbons (Fsp3) is 0.333. The summed E-state index contributed by atoms with van der Waals surface area (Å²) in [5.41, 5.74) is 0.376. The Labute approximate surface area is 119 Å². The zero-order valence-corrected chi connectivity index (χ0v) is 11.9. The van der Waals surface area contributed by atoms with E-state index >= 15 is 0 Å². The summed E-state index contributed by atoms with van der Waals surface area (Å²) >= 11 is 1.33. The molecular formula is C12H14N4O3S. The van der Waals surface area contributed by atoms with E-state index in [9.17, 15) is 9.59 Å². The van der Waals surface area contributed by atoms with Gasteiger partial charge in [0.05, 0.1) is 12.2 Å². The average Bonchev–Trinajstić information content (AvgIpc) is 2.99. The molecule has 2 heterocycles. The number of rotatable bonds is 5. The number of nitrogens with one attached hydrogen (secondary N) is 1. The van der Waals surface area contributed by atoms with Crippen LogP contribution in [0.1, 0.15) is 22.2 Å². The van der Waals surface area contributed by atoms with Gasteiger partial charge in [-0.25, -0.2) is 14.5 Å². The number of esters is 1. The molecule has 0 bridgehead atoms. The minimum atomic E-state index is -0.437. The van der Waals surface area contributed by atoms with Crippen LogP contribution in [0.3, 0.4) is 0 Å². The number of amides is 1. The number of hydrogen-bond donors (Lipinski definition) is 1. The van der Waals surface area contributed by atoms with Crippen LogP contribution in [0, 0.1) is 6.92 Å². The predicted molar refractivity (Wildman–Crippen MR) is 73.7 cm³/mol. The lowest BCUT2D eigenvalue weighted by molar-refractivity contribution is -0.116. The van der Waals surface area contributed by atoms with Crippen molar-refractivity contribution in [2.45, 2.75) is 20.4 Å². The van der Waals surface area contributed by atoms with Crippen LogP contribution >= 0.6 is 11.3 Å². The summed E-state index contributed by atoms with van der Waals surface area (Å²) in [6.07, 6.45) is 2.80. The Bertz CT molecular complexity index is 606. The zero-order valence-electron chi connectivity index (χ0n) is 11.1. The topological polar surface area (TPSA) is 86.1 Å². The molecular weight excluding hydrogens is 280 g/mol. The van der Waals surface area contributed by atoms with E-state index in [1.165, 1.54) is 28.7 Å². The monoisotopic (exact) mass is 294 g/mol. The molecule has 8 heteroatoms. The van der Waals surface area contributed by atoms with Crippen molar-refractivity contribution >= 4 is 28.2 Å². The van der Waals surface area contributed by atoms with E-state index in [0.29, 0.717) is 17.2 Å². The van der Waals surface area contributed by atoms with Crippen LogP contribution in [0.5, 0.6) is 0 Å². The van der Waals surface area contributed by atoms with Crippen molar-refractivity contribution in [3.05, 3.63) is 29.2 Å². The van der Waals surface area contributed by atoms with Crippen molar-refractivity contribution in [1.29, 1.82) is 0 Å². The quantitative estimate of drug-likeness (QED) is 0.844. The molecule has 2 aromatic heterocycles. The molecule has 2 rings (SSSR count). The molecule has 2 aromatic rings. The number of thiophene rings is 1. The van der Waals surface area contributed by atoms with Gasteiger partial charge in [0.2, 0.25) is 5.91 Å². The molecule has 0 radical (unpaired) electrons. The van der Waals surface area contributed by atoms with Crippen LogP contribution in [-0.4, -0.2) is 33.2 Å². The van der Waals surface area contributed by atoms with Gasteiger partial charge in [-0.15, -0.1) is 11.3 Å². The number of hydrogen-bond acceptors (Lipinski definition) is 6. The predicted octanol–water partition coefficient (Wildman–Crippen LogP) is 1.46. The minimum absolute atomic E-state index is 0.0409. The molecule has 106 valence electrons. The Morgan fingerprint density at radius 1 is 1.50 bits per heavy atom. The maximum absolute atomic E-state index is 11.9. The van der Waals surface area contributed by atoms with Crippen molar-refractivity contribution in [1.82, 2.24) is 14.8 Å². The second-order valence-electron chi connectivity index (χ2n) is 3.96. The van der Waals surface area contributed by atoms with Gasteiger partial charge in [-0.1, -0.05) is 0 Å². The summed E-state index contributed by atoms with van der Waals surface area (Å²) in [5, 5.41) is 7.04. The zero-order chi connectivity index (χ0) is 14.5. The lowest BCUT2D eigenvalue weighted by Gasteiger charge is -2.05. The van der Waals surface area contributed by atoms with E-state index in [4.69, 9.17) is 4.74 Å². The van der Waals surface area contributed by atoms with Gasteiger partial charge in [-0.3, -0.25) is 4.79 Å². The van der Waals surface area contributed by atoms with E-state index in [1.54, 1.807) is 13.0 Å². The van der Waals surface area contributed by atoms with E-state index in [2.05, 4.69) is 15.4 Å². The first-order valence-corrected chi connectivity index (χ1v) is 6.81. The van der Waals surface area contributed by atoms with Gasteiger partial charge >= 0.3 is 5.97 Å². The molecule has 7 nitrogen and oxygen atoms in total. The van der Waals surface area contributed by atoms with Crippen molar-refractivity contribution in [2.75, 3.05) is 11.9 Å². The number of carbonyl (C=O) groups excluding carboxylic acids is 2. The number of ether oxygens (including phenoxy) is 1. The van der Waals surface area contributed by atoms with Gasteiger partial charge in [0.1, 0.15) is 24.2 Å². The van der Waals surface area contributed by atoms with Crippen molar-refractivity contribution in [3.63, 3.8) is 0 Å². The first-order chi connectivity index (χ1) is 9.60. The average molecular weight is 294 g/mol. The standard InChI is InChI=1S/C12H14N4O3S/c1-3-19-12(18)9-4-8(2)20-11(9)15-10(17)5-16-7-13-6-14-16/h4,6-7H,3,5H2,1-2H3,(H,15,17). The summed E-state index contributed by atoms with van der Waals surface area (Å²) in [4.78, 5) is 28.3. The Hall–Kier alpha value is -2.22. The van der Waals surface area contributed by atoms with Crippen molar-refractivity contribution in [3.8, 4) is 0 Å². The van der Waals surface area contributed by atoms with Crippen LogP contribution in [0.25, 0.3) is 0 Å². The first-order valence-electron chi connectivity index (χ1n) is 6.00. The largest absolute Gasteiger partial charge is 0.462 e. The van der Waals surface area contributed by atoms with Gasteiger partial charge in [-0.05, 0) is 19.9 Å². The summed E-state index contributed by atoms with van der Waals surface area (Å²) in [7, 11) is 0. The molecule has 1 amide bonds. The number of nitrogens with zero attached hydrogens (tertiary/aromatic N) is 3. The molecule has 0 aromatic carbocycles. The van der Waals surface area contributed by atoms with Gasteiger partial charge < -0.3 is 10.1 Å². The van der Waals surface area contributed by atoms with Crippen LogP contribution < -0.4 is 5.32 Å². The van der Waals surface area contributed by atoms with Gasteiger partial charge in [-0.2, -0.15) is 5.10 Å². The Morgan fingerprint density at radius 3 is 2.95 bits per heavy atom. The minimum Gasteiger partial charge on any atom is -0.462 e. The Morgan fingerprint density at radius 2 is 2.30 bits per heavy atom. The second-order valence-corrected chi connectivity index (χ2v) is 5.22. The van der Waals surface area contributed by atoms with Crippen molar-refractivity contribution < 1.29 is 14.3 Å². The molecule has 0 spiro atoms. The molecule has 0 saturated heterocycles. The highest BCUT2D eigenvalue weighted by atomic mass is 32.1. The molecule has 0 saturated carbocycles. The molecule has 0 aliphatic carbocycles. The van der Waals surface area contributed by atoms with E-state index in [0.717, 1.165) is 4.88 Å². The highest BCUT2D eigenvalue weighted by Gasteiger charge is 2.18. The lowest BCUT2D eigenvalue weighted by atomic mass is 10.3. The van der Waals surface area contributed by atoms with E-state index in [-0.39, 0.29) is 12.5 Å². The third-order valence-electron chi connectivity index (χ3n) is 2.38. The third-order valence-corrected chi connectivity index (χ3v) is 3.34. The van der Waals surface area contributed by atoms with Crippen LogP contribution in [0.4, 0.5) is 5.00 Å². The first kappa shape index (κ1) is 14.2. The maximum Gasteiger partial charge on any atom is 0.341 e. The van der Waals surface area contributed by atoms with Gasteiger partial charge in [0.15, 0.2) is 0 Å². The fourth-order valence-corrected chi connectivity index (χ4v) is 2.51. The molecule has 1 N–H and O–H groups in total. The SMILES string of the molecule is CCOC(=O)c1cc(C)sc1NC(=O)Cn1cncn1. The molecule has 0 atom stereocenters. The summed E-state index contributed by atoms with van der Waals surface area (Å²) in [6.45, 7) is 3.93. The lowest BCUT2D eigenvalue weighted by Crippen LogP contribution is -2.19. The number of carbonyl (C=O) groups is 2. The van der Waals surface area contributed by atoms with E-state index < -0.39 is 5.97 Å². The highest BCUT2D eigenvalue weighted by molar-refractivity contribution is 7.16. The van der Waals surface area contributed by atoms with Crippen LogP contribution in [0.2, 0.25) is 0 Å². The van der Waals surface area contributed by atoms with Gasteiger partial charge in [0, 0.05) is 4.88 Å². The number of anilines is 1. The van der Waals surface area contributed by atoms with Crippen LogP contribution in [-0.2, 0) is 16.1 Å². The molecule has 0 fully saturated rings. The summed E-state index contributed by atoms with van der Waals surface area (Å²) in [5.74, 6) is -0.712. The molecule has 20 heavy (non-hydrogen) atoms. The molecule has 0 aliphatic rings. The highest BCUT2D eigenvalue weighted by Crippen LogP contribution is 2.28. The van der Waals surface area contributed by atoms with Gasteiger partial charge in [0.25, 0.3) is 0 Å². The number of aromatic nitrogens is 3. The van der Waals surface area contributed by atoms with E-state index in [1.807, 2.05) is 6.92 Å². The third kappa shape index (κ3) is 3.41. The van der Waals surface area contributed by atoms with Crippen molar-refractivity contribution in [2.24, 2.45) is 0 Å². The molecule has 0 aliphatic heterocycles. The Kier molecular flexibility index (Phi) is 4.46. The Balaban J connectivity index is 2.08. The number of aryl methyl sites for hydroxylation is 1. The second kappa shape index (κ2) is 6.29. The molecule has 0 unspecified atom stereocenters. The normalized spacial score (nSPS) is 10.3. The maximum atomic E-state index is 11.9. The smallest absolute Gasteiger partial charge is 0.341 e. The van der Waals surface area contributed by atoms with Crippen LogP contribution in [0.15, 0.2) is 18.7 Å². The fourth-order valence-electron chi connectivity index (χ4n) is 1.60. The summed E-state index contributed by atoms with van der Waals surface area (Å²) < 4.78 is 6.36. The summed E-state index contributed by atoms with van der Waals surface area (Å²) in [6, 6.07) is 1.70.